The molecule has 1 heteroatoms. The molecule has 1 aromatic carbocycles. The van der Waals surface area contributed by atoms with Crippen molar-refractivity contribution in [1.29, 1.82) is 0 Å². The van der Waals surface area contributed by atoms with Gasteiger partial charge in [-0.2, -0.15) is 0 Å². The molecule has 0 saturated carbocycles. The average molecular weight is 217 g/mol. The van der Waals surface area contributed by atoms with Crippen LogP contribution in [0, 0.1) is 6.92 Å². The smallest absolute Gasteiger partial charge is 0.0316 e. The van der Waals surface area contributed by atoms with Gasteiger partial charge in [-0.15, -0.1) is 0 Å². The molecule has 1 rings (SSSR count). The highest BCUT2D eigenvalue weighted by molar-refractivity contribution is 5.23. The highest BCUT2D eigenvalue weighted by atomic mass is 14.9. The Morgan fingerprint density at radius 3 is 2.25 bits per heavy atom. The Balaban J connectivity index is 2.68. The molecule has 0 bridgehead atoms. The molecule has 0 saturated heterocycles. The lowest BCUT2D eigenvalue weighted by atomic mass is 9.99. The van der Waals surface area contributed by atoms with Crippen LogP contribution in [-0.2, 0) is 6.42 Å². The van der Waals surface area contributed by atoms with Crippen LogP contribution in [0.15, 0.2) is 36.4 Å². The summed E-state index contributed by atoms with van der Waals surface area (Å²) < 4.78 is 0. The maximum atomic E-state index is 4.06. The fourth-order valence-corrected chi connectivity index (χ4v) is 1.74. The lowest BCUT2D eigenvalue weighted by Crippen LogP contribution is -2.37. The maximum absolute atomic E-state index is 4.06. The second-order valence-corrected chi connectivity index (χ2v) is 4.91. The molecule has 0 aliphatic carbocycles. The molecule has 0 aliphatic heterocycles. The van der Waals surface area contributed by atoms with Crippen LogP contribution in [0.5, 0.6) is 0 Å². The largest absolute Gasteiger partial charge is 0.308 e. The lowest BCUT2D eigenvalue weighted by Gasteiger charge is -2.21. The monoisotopic (exact) mass is 217 g/mol. The van der Waals surface area contributed by atoms with Crippen molar-refractivity contribution in [3.8, 4) is 0 Å². The summed E-state index contributed by atoms with van der Waals surface area (Å²) >= 11 is 0. The predicted molar refractivity (Wildman–Crippen MR) is 71.8 cm³/mol. The molecule has 0 amide bonds. The molecule has 1 atom stereocenters. The quantitative estimate of drug-likeness (QED) is 0.745. The van der Waals surface area contributed by atoms with E-state index < -0.39 is 0 Å². The Bertz CT molecular complexity index is 335. The van der Waals surface area contributed by atoms with E-state index in [-0.39, 0.29) is 0 Å². The Morgan fingerprint density at radius 1 is 1.25 bits per heavy atom. The third kappa shape index (κ3) is 4.19. The standard InChI is InChI=1S/C15H23N/c1-11(2)15(16-12(3)4)10-14-8-6-13(5)7-9-14/h6-9,12,15-16H,1,10H2,2-5H3. The molecule has 0 radical (unpaired) electrons. The molecule has 0 heterocycles. The van der Waals surface area contributed by atoms with Gasteiger partial charge in [-0.1, -0.05) is 55.8 Å². The van der Waals surface area contributed by atoms with Gasteiger partial charge in [0.05, 0.1) is 0 Å². The minimum absolute atomic E-state index is 0.378. The Kier molecular flexibility index (Phi) is 4.75. The summed E-state index contributed by atoms with van der Waals surface area (Å²) in [5, 5.41) is 3.54. The summed E-state index contributed by atoms with van der Waals surface area (Å²) in [6, 6.07) is 9.61. The van der Waals surface area contributed by atoms with Crippen molar-refractivity contribution >= 4 is 0 Å². The van der Waals surface area contributed by atoms with Gasteiger partial charge in [0.2, 0.25) is 0 Å². The van der Waals surface area contributed by atoms with E-state index in [0.29, 0.717) is 12.1 Å². The van der Waals surface area contributed by atoms with Gasteiger partial charge in [-0.05, 0) is 25.8 Å². The van der Waals surface area contributed by atoms with E-state index in [0.717, 1.165) is 6.42 Å². The van der Waals surface area contributed by atoms with Crippen molar-refractivity contribution < 1.29 is 0 Å². The summed E-state index contributed by atoms with van der Waals surface area (Å²) in [6.07, 6.45) is 1.02. The summed E-state index contributed by atoms with van der Waals surface area (Å²) in [6.45, 7) is 12.6. The van der Waals surface area contributed by atoms with Crippen LogP contribution in [0.2, 0.25) is 0 Å². The molecule has 0 aromatic heterocycles. The van der Waals surface area contributed by atoms with Crippen LogP contribution < -0.4 is 5.32 Å². The topological polar surface area (TPSA) is 12.0 Å². The summed E-state index contributed by atoms with van der Waals surface area (Å²) in [5.41, 5.74) is 3.88. The number of aryl methyl sites for hydroxylation is 1. The fraction of sp³-hybridized carbons (Fsp3) is 0.467. The molecule has 0 aliphatic rings. The van der Waals surface area contributed by atoms with E-state index in [2.05, 4.69) is 63.9 Å². The van der Waals surface area contributed by atoms with E-state index in [1.807, 2.05) is 0 Å². The molecule has 16 heavy (non-hydrogen) atoms. The molecule has 0 fully saturated rings. The van der Waals surface area contributed by atoms with Crippen molar-refractivity contribution in [2.75, 3.05) is 0 Å². The molecule has 1 N–H and O–H groups in total. The number of hydrogen-bond donors (Lipinski definition) is 1. The maximum Gasteiger partial charge on any atom is 0.0316 e. The Labute approximate surface area is 99.6 Å². The minimum Gasteiger partial charge on any atom is -0.308 e. The van der Waals surface area contributed by atoms with Gasteiger partial charge in [0.1, 0.15) is 0 Å². The summed E-state index contributed by atoms with van der Waals surface area (Å²) in [4.78, 5) is 0. The summed E-state index contributed by atoms with van der Waals surface area (Å²) in [7, 11) is 0. The predicted octanol–water partition coefficient (Wildman–Crippen LogP) is 3.48. The van der Waals surface area contributed by atoms with E-state index in [1.54, 1.807) is 0 Å². The van der Waals surface area contributed by atoms with Crippen LogP contribution >= 0.6 is 0 Å². The van der Waals surface area contributed by atoms with Crippen LogP contribution in [0.4, 0.5) is 0 Å². The van der Waals surface area contributed by atoms with Gasteiger partial charge in [-0.25, -0.2) is 0 Å². The van der Waals surface area contributed by atoms with Crippen molar-refractivity contribution in [3.63, 3.8) is 0 Å². The first-order valence-corrected chi connectivity index (χ1v) is 5.96. The normalized spacial score (nSPS) is 12.8. The van der Waals surface area contributed by atoms with Gasteiger partial charge in [0.15, 0.2) is 0 Å². The highest BCUT2D eigenvalue weighted by Gasteiger charge is 2.10. The lowest BCUT2D eigenvalue weighted by molar-refractivity contribution is 0.504. The van der Waals surface area contributed by atoms with Crippen LogP contribution in [0.25, 0.3) is 0 Å². The van der Waals surface area contributed by atoms with Gasteiger partial charge >= 0.3 is 0 Å². The van der Waals surface area contributed by atoms with Crippen LogP contribution in [-0.4, -0.2) is 12.1 Å². The number of benzene rings is 1. The molecular weight excluding hydrogens is 194 g/mol. The van der Waals surface area contributed by atoms with E-state index >= 15 is 0 Å². The second kappa shape index (κ2) is 5.86. The average Bonchev–Trinajstić information content (AvgIpc) is 2.19. The van der Waals surface area contributed by atoms with Crippen molar-refractivity contribution in [2.24, 2.45) is 0 Å². The third-order valence-corrected chi connectivity index (χ3v) is 2.69. The first kappa shape index (κ1) is 13.0. The zero-order chi connectivity index (χ0) is 12.1. The molecule has 1 aromatic rings. The fourth-order valence-electron chi connectivity index (χ4n) is 1.74. The van der Waals surface area contributed by atoms with Gasteiger partial charge in [-0.3, -0.25) is 0 Å². The van der Waals surface area contributed by atoms with Gasteiger partial charge in [0.25, 0.3) is 0 Å². The van der Waals surface area contributed by atoms with E-state index in [4.69, 9.17) is 0 Å². The zero-order valence-corrected chi connectivity index (χ0v) is 10.9. The molecule has 88 valence electrons. The third-order valence-electron chi connectivity index (χ3n) is 2.69. The van der Waals surface area contributed by atoms with E-state index in [1.165, 1.54) is 16.7 Å². The highest BCUT2D eigenvalue weighted by Crippen LogP contribution is 2.10. The second-order valence-electron chi connectivity index (χ2n) is 4.91. The number of nitrogens with one attached hydrogen (secondary N) is 1. The first-order valence-electron chi connectivity index (χ1n) is 5.96. The molecule has 1 nitrogen and oxygen atoms in total. The van der Waals surface area contributed by atoms with Crippen LogP contribution in [0.1, 0.15) is 31.9 Å². The Hall–Kier alpha value is -1.08. The van der Waals surface area contributed by atoms with Crippen LogP contribution in [0.3, 0.4) is 0 Å². The minimum atomic E-state index is 0.378. The van der Waals surface area contributed by atoms with Crippen molar-refractivity contribution in [3.05, 3.63) is 47.5 Å². The molecule has 0 spiro atoms. The Morgan fingerprint density at radius 2 is 1.81 bits per heavy atom. The van der Waals surface area contributed by atoms with Crippen molar-refractivity contribution in [1.82, 2.24) is 5.32 Å². The van der Waals surface area contributed by atoms with Crippen molar-refractivity contribution in [2.45, 2.75) is 46.2 Å². The zero-order valence-electron chi connectivity index (χ0n) is 10.9. The van der Waals surface area contributed by atoms with E-state index in [9.17, 15) is 0 Å². The van der Waals surface area contributed by atoms with Gasteiger partial charge < -0.3 is 5.32 Å². The SMILES string of the molecule is C=C(C)C(Cc1ccc(C)cc1)NC(C)C. The summed E-state index contributed by atoms with van der Waals surface area (Å²) in [5.74, 6) is 0. The number of rotatable bonds is 5. The molecular formula is C15H23N. The molecule has 1 unspecified atom stereocenters. The number of hydrogen-bond acceptors (Lipinski definition) is 1. The first-order chi connectivity index (χ1) is 7.49. The van der Waals surface area contributed by atoms with Gasteiger partial charge in [0, 0.05) is 12.1 Å².